The van der Waals surface area contributed by atoms with Gasteiger partial charge in [0.05, 0.1) is 4.83 Å². The normalized spacial score (nSPS) is 37.0. The highest BCUT2D eigenvalue weighted by molar-refractivity contribution is 9.10. The van der Waals surface area contributed by atoms with Gasteiger partial charge in [0.15, 0.2) is 0 Å². The zero-order valence-corrected chi connectivity index (χ0v) is 13.0. The van der Waals surface area contributed by atoms with Gasteiger partial charge in [0.25, 0.3) is 0 Å². The van der Waals surface area contributed by atoms with Crippen molar-refractivity contribution in [3.8, 4) is 0 Å². The van der Waals surface area contributed by atoms with Crippen LogP contribution in [0.2, 0.25) is 0 Å². The highest BCUT2D eigenvalue weighted by Gasteiger charge is 2.51. The average molecular weight is 302 g/mol. The lowest BCUT2D eigenvalue weighted by atomic mass is 9.65. The molecule has 1 saturated heterocycles. The summed E-state index contributed by atoms with van der Waals surface area (Å²) >= 11 is 3.50. The van der Waals surface area contributed by atoms with Crippen LogP contribution in [0.3, 0.4) is 0 Å². The van der Waals surface area contributed by atoms with Gasteiger partial charge in [0, 0.05) is 12.6 Å². The van der Waals surface area contributed by atoms with Gasteiger partial charge < -0.3 is 4.90 Å². The first-order chi connectivity index (χ1) is 7.76. The first kappa shape index (κ1) is 13.4. The minimum Gasteiger partial charge on any atom is -0.338 e. The van der Waals surface area contributed by atoms with Crippen LogP contribution in [0.15, 0.2) is 0 Å². The van der Waals surface area contributed by atoms with E-state index in [2.05, 4.69) is 48.5 Å². The summed E-state index contributed by atoms with van der Waals surface area (Å²) in [7, 11) is 0. The molecule has 0 radical (unpaired) electrons. The quantitative estimate of drug-likeness (QED) is 0.714. The zero-order chi connectivity index (χ0) is 12.8. The van der Waals surface area contributed by atoms with Gasteiger partial charge in [0.2, 0.25) is 5.91 Å². The molecular weight excluding hydrogens is 278 g/mol. The fourth-order valence-corrected chi connectivity index (χ4v) is 4.34. The second kappa shape index (κ2) is 4.25. The Morgan fingerprint density at radius 2 is 2.06 bits per heavy atom. The molecule has 2 fully saturated rings. The standard InChI is InChI=1S/C14H24BrNO/c1-5-11(15)12(17)16-9-14(4)7-10(16)6-13(2,3)8-14/h10-11H,5-9H2,1-4H3. The SMILES string of the molecule is CCC(Br)C(=O)N1CC2(C)CC1CC(C)(C)C2. The molecule has 17 heavy (non-hydrogen) atoms. The van der Waals surface area contributed by atoms with Gasteiger partial charge in [-0.15, -0.1) is 0 Å². The summed E-state index contributed by atoms with van der Waals surface area (Å²) in [6.45, 7) is 10.1. The molecule has 2 nitrogen and oxygen atoms in total. The van der Waals surface area contributed by atoms with Crippen molar-refractivity contribution in [3.05, 3.63) is 0 Å². The predicted molar refractivity (Wildman–Crippen MR) is 74.2 cm³/mol. The number of carbonyl (C=O) groups is 1. The van der Waals surface area contributed by atoms with E-state index in [9.17, 15) is 4.79 Å². The number of hydrogen-bond acceptors (Lipinski definition) is 1. The Labute approximate surface area is 113 Å². The van der Waals surface area contributed by atoms with Gasteiger partial charge in [-0.25, -0.2) is 0 Å². The molecule has 1 heterocycles. The summed E-state index contributed by atoms with van der Waals surface area (Å²) in [5.74, 6) is 0.305. The van der Waals surface area contributed by atoms with Gasteiger partial charge in [-0.3, -0.25) is 4.79 Å². The molecule has 2 aliphatic rings. The summed E-state index contributed by atoms with van der Waals surface area (Å²) in [6, 6.07) is 0.475. The number of halogens is 1. The lowest BCUT2D eigenvalue weighted by molar-refractivity contribution is -0.131. The number of rotatable bonds is 2. The molecule has 0 aromatic carbocycles. The van der Waals surface area contributed by atoms with E-state index in [1.54, 1.807) is 0 Å². The van der Waals surface area contributed by atoms with E-state index in [4.69, 9.17) is 0 Å². The van der Waals surface area contributed by atoms with Crippen LogP contribution >= 0.6 is 15.9 Å². The van der Waals surface area contributed by atoms with E-state index in [1.165, 1.54) is 12.8 Å². The van der Waals surface area contributed by atoms with Crippen molar-refractivity contribution in [2.24, 2.45) is 10.8 Å². The average Bonchev–Trinajstić information content (AvgIpc) is 2.45. The molecular formula is C14H24BrNO. The van der Waals surface area contributed by atoms with E-state index >= 15 is 0 Å². The Balaban J connectivity index is 2.16. The van der Waals surface area contributed by atoms with Gasteiger partial charge >= 0.3 is 0 Å². The largest absolute Gasteiger partial charge is 0.338 e. The van der Waals surface area contributed by atoms with Crippen LogP contribution in [0, 0.1) is 10.8 Å². The fraction of sp³-hybridized carbons (Fsp3) is 0.929. The first-order valence-electron chi connectivity index (χ1n) is 6.71. The van der Waals surface area contributed by atoms with Gasteiger partial charge in [0.1, 0.15) is 0 Å². The number of alkyl halides is 1. The van der Waals surface area contributed by atoms with E-state index in [1.807, 2.05) is 0 Å². The van der Waals surface area contributed by atoms with Crippen LogP contribution in [0.1, 0.15) is 53.4 Å². The molecule has 0 spiro atoms. The molecule has 2 bridgehead atoms. The molecule has 98 valence electrons. The lowest BCUT2D eigenvalue weighted by Crippen LogP contribution is -2.41. The maximum atomic E-state index is 12.4. The minimum absolute atomic E-state index is 0.00793. The molecule has 1 aliphatic carbocycles. The number of hydrogen-bond donors (Lipinski definition) is 0. The van der Waals surface area contributed by atoms with Crippen molar-refractivity contribution in [3.63, 3.8) is 0 Å². The Hall–Kier alpha value is -0.0500. The van der Waals surface area contributed by atoms with Crippen LogP contribution in [0.4, 0.5) is 0 Å². The van der Waals surface area contributed by atoms with Crippen LogP contribution in [-0.4, -0.2) is 28.2 Å². The van der Waals surface area contributed by atoms with E-state index in [0.717, 1.165) is 19.4 Å². The summed E-state index contributed by atoms with van der Waals surface area (Å²) in [6.07, 6.45) is 4.49. The van der Waals surface area contributed by atoms with Crippen LogP contribution in [0.25, 0.3) is 0 Å². The van der Waals surface area contributed by atoms with Crippen molar-refractivity contribution >= 4 is 21.8 Å². The molecule has 0 aromatic heterocycles. The van der Waals surface area contributed by atoms with Gasteiger partial charge in [-0.1, -0.05) is 43.6 Å². The first-order valence-corrected chi connectivity index (χ1v) is 7.62. The maximum Gasteiger partial charge on any atom is 0.236 e. The van der Waals surface area contributed by atoms with E-state index < -0.39 is 0 Å². The van der Waals surface area contributed by atoms with E-state index in [-0.39, 0.29) is 4.83 Å². The second-order valence-electron chi connectivity index (χ2n) is 7.06. The highest BCUT2D eigenvalue weighted by atomic mass is 79.9. The van der Waals surface area contributed by atoms with Crippen molar-refractivity contribution in [1.82, 2.24) is 4.90 Å². The smallest absolute Gasteiger partial charge is 0.236 e. The minimum atomic E-state index is 0.00793. The predicted octanol–water partition coefficient (Wildman–Crippen LogP) is 3.59. The third kappa shape index (κ3) is 2.54. The third-order valence-corrected chi connectivity index (χ3v) is 5.36. The molecule has 3 unspecified atom stereocenters. The van der Waals surface area contributed by atoms with Crippen molar-refractivity contribution in [2.75, 3.05) is 6.54 Å². The van der Waals surface area contributed by atoms with Crippen LogP contribution < -0.4 is 0 Å². The summed E-state index contributed by atoms with van der Waals surface area (Å²) in [4.78, 5) is 14.5. The van der Waals surface area contributed by atoms with Crippen molar-refractivity contribution < 1.29 is 4.79 Å². The Morgan fingerprint density at radius 1 is 1.41 bits per heavy atom. The highest BCUT2D eigenvalue weighted by Crippen LogP contribution is 2.52. The Morgan fingerprint density at radius 3 is 2.65 bits per heavy atom. The topological polar surface area (TPSA) is 20.3 Å². The number of nitrogens with zero attached hydrogens (tertiary/aromatic N) is 1. The monoisotopic (exact) mass is 301 g/mol. The van der Waals surface area contributed by atoms with Crippen LogP contribution in [0.5, 0.6) is 0 Å². The molecule has 1 amide bonds. The van der Waals surface area contributed by atoms with Crippen molar-refractivity contribution in [2.45, 2.75) is 64.2 Å². The number of carbonyl (C=O) groups excluding carboxylic acids is 1. The van der Waals surface area contributed by atoms with Crippen LogP contribution in [-0.2, 0) is 4.79 Å². The summed E-state index contributed by atoms with van der Waals surface area (Å²) in [5.41, 5.74) is 0.739. The molecule has 0 N–H and O–H groups in total. The maximum absolute atomic E-state index is 12.4. The second-order valence-corrected chi connectivity index (χ2v) is 8.16. The Kier molecular flexibility index (Phi) is 3.35. The fourth-order valence-electron chi connectivity index (χ4n) is 4.07. The number of amides is 1. The molecule has 2 rings (SSSR count). The molecule has 1 saturated carbocycles. The third-order valence-electron chi connectivity index (χ3n) is 4.32. The lowest BCUT2D eigenvalue weighted by Gasteiger charge is -2.39. The zero-order valence-electron chi connectivity index (χ0n) is 11.4. The number of fused-ring (bicyclic) bond motifs is 2. The summed E-state index contributed by atoms with van der Waals surface area (Å²) in [5, 5.41) is 0. The van der Waals surface area contributed by atoms with E-state index in [0.29, 0.717) is 22.8 Å². The molecule has 1 aliphatic heterocycles. The summed E-state index contributed by atoms with van der Waals surface area (Å²) < 4.78 is 0. The molecule has 0 aromatic rings. The number of likely N-dealkylation sites (tertiary alicyclic amines) is 1. The molecule has 3 atom stereocenters. The Bertz CT molecular complexity index is 328. The van der Waals surface area contributed by atoms with Gasteiger partial charge in [-0.2, -0.15) is 0 Å². The van der Waals surface area contributed by atoms with Gasteiger partial charge in [-0.05, 0) is 36.5 Å². The van der Waals surface area contributed by atoms with Crippen molar-refractivity contribution in [1.29, 1.82) is 0 Å². The molecule has 3 heteroatoms.